The van der Waals surface area contributed by atoms with E-state index in [0.717, 1.165) is 0 Å². The number of carbonyl (C=O) groups is 3. The molecule has 0 aliphatic rings. The van der Waals surface area contributed by atoms with Crippen LogP contribution in [0.1, 0.15) is 59.3 Å². The SMILES string of the molecule is CCCC(=O)[O-].CCCC(=O)[O-].CCCC(=O)[O-].[Pb+3][c]1ccccc1. The van der Waals surface area contributed by atoms with Crippen LogP contribution >= 0.6 is 0 Å². The maximum atomic E-state index is 9.49. The number of carboxylic acids is 3. The molecule has 0 spiro atoms. The summed E-state index contributed by atoms with van der Waals surface area (Å²) in [5, 5.41) is 28.5. The zero-order valence-corrected chi connectivity index (χ0v) is 19.0. The minimum atomic E-state index is -0.961. The Morgan fingerprint density at radius 3 is 1.08 bits per heavy atom. The van der Waals surface area contributed by atoms with E-state index in [0.29, 0.717) is 19.3 Å². The second kappa shape index (κ2) is 22.6. The molecule has 0 atom stereocenters. The van der Waals surface area contributed by atoms with Gasteiger partial charge in [0, 0.05) is 17.9 Å². The summed E-state index contributed by atoms with van der Waals surface area (Å²) in [5.74, 6) is -2.88. The quantitative estimate of drug-likeness (QED) is 0.427. The molecule has 1 rings (SSSR count). The number of rotatable bonds is 6. The average molecular weight is 546 g/mol. The van der Waals surface area contributed by atoms with Gasteiger partial charge in [0.1, 0.15) is 0 Å². The molecule has 0 saturated heterocycles. The maximum absolute atomic E-state index is 9.49. The third kappa shape index (κ3) is 39.4. The molecule has 0 aliphatic carbocycles. The topological polar surface area (TPSA) is 120 Å². The van der Waals surface area contributed by atoms with E-state index in [9.17, 15) is 29.7 Å². The van der Waals surface area contributed by atoms with Gasteiger partial charge >= 0.3 is 59.2 Å². The Labute approximate surface area is 166 Å². The van der Waals surface area contributed by atoms with Crippen LogP contribution in [0.5, 0.6) is 0 Å². The summed E-state index contributed by atoms with van der Waals surface area (Å²) in [5.41, 5.74) is 0. The van der Waals surface area contributed by atoms with Gasteiger partial charge in [-0.3, -0.25) is 0 Å². The summed E-state index contributed by atoms with van der Waals surface area (Å²) < 4.78 is 1.46. The van der Waals surface area contributed by atoms with Gasteiger partial charge < -0.3 is 29.7 Å². The Morgan fingerprint density at radius 1 is 0.720 bits per heavy atom. The summed E-state index contributed by atoms with van der Waals surface area (Å²) in [4.78, 5) is 28.5. The Bertz CT molecular complexity index is 410. The number of carboxylic acid groups (broad SMARTS) is 3. The zero-order chi connectivity index (χ0) is 20.1. The molecular formula is C18H26O6Pb. The molecule has 0 fully saturated rings. The fraction of sp³-hybridized carbons (Fsp3) is 0.500. The molecule has 1 aromatic rings. The molecule has 7 heteroatoms. The third-order valence-electron chi connectivity index (χ3n) is 2.14. The van der Waals surface area contributed by atoms with E-state index in [1.54, 1.807) is 20.8 Å². The summed E-state index contributed by atoms with van der Waals surface area (Å²) in [7, 11) is 0. The van der Waals surface area contributed by atoms with E-state index in [-0.39, 0.29) is 19.3 Å². The van der Waals surface area contributed by atoms with Crippen LogP contribution in [-0.2, 0) is 14.4 Å². The minimum absolute atomic E-state index is 0.181. The first-order valence-corrected chi connectivity index (χ1v) is 10.0. The summed E-state index contributed by atoms with van der Waals surface area (Å²) in [6.45, 7) is 5.40. The van der Waals surface area contributed by atoms with Crippen molar-refractivity contribution in [2.24, 2.45) is 0 Å². The number of hydrogen-bond donors (Lipinski definition) is 0. The fourth-order valence-corrected chi connectivity index (χ4v) is 1.80. The van der Waals surface area contributed by atoms with Gasteiger partial charge in [-0.2, -0.15) is 0 Å². The van der Waals surface area contributed by atoms with Crippen LogP contribution in [0.4, 0.5) is 0 Å². The van der Waals surface area contributed by atoms with Crippen LogP contribution in [0.25, 0.3) is 0 Å². The number of aliphatic carboxylic acids is 3. The molecule has 25 heavy (non-hydrogen) atoms. The van der Waals surface area contributed by atoms with E-state index >= 15 is 0 Å². The third-order valence-corrected chi connectivity index (χ3v) is 3.43. The van der Waals surface area contributed by atoms with Gasteiger partial charge in [-0.05, 0) is 19.3 Å². The van der Waals surface area contributed by atoms with Gasteiger partial charge in [0.15, 0.2) is 0 Å². The van der Waals surface area contributed by atoms with Crippen LogP contribution in [0, 0.1) is 0 Å². The van der Waals surface area contributed by atoms with Crippen LogP contribution in [0.2, 0.25) is 0 Å². The first-order chi connectivity index (χ1) is 11.7. The summed E-state index contributed by atoms with van der Waals surface area (Å²) >= 11 is 1.17. The van der Waals surface area contributed by atoms with Crippen molar-refractivity contribution in [3.63, 3.8) is 0 Å². The molecule has 6 nitrogen and oxygen atoms in total. The Balaban J connectivity index is -0.000000259. The molecule has 0 saturated carbocycles. The van der Waals surface area contributed by atoms with Crippen molar-refractivity contribution in [2.45, 2.75) is 59.3 Å². The second-order valence-electron chi connectivity index (χ2n) is 4.73. The average Bonchev–Trinajstić information content (AvgIpc) is 2.49. The number of benzene rings is 1. The van der Waals surface area contributed by atoms with Gasteiger partial charge in [-0.25, -0.2) is 0 Å². The number of carbonyl (C=O) groups excluding carboxylic acids is 3. The Kier molecular flexibility index (Phi) is 25.6. The molecule has 0 heterocycles. The molecule has 0 aromatic heterocycles. The molecular weight excluding hydrogens is 519 g/mol. The van der Waals surface area contributed by atoms with E-state index in [2.05, 4.69) is 24.3 Å². The van der Waals surface area contributed by atoms with Crippen molar-refractivity contribution in [3.05, 3.63) is 30.3 Å². The van der Waals surface area contributed by atoms with Crippen molar-refractivity contribution in [1.82, 2.24) is 0 Å². The molecule has 0 unspecified atom stereocenters. The van der Waals surface area contributed by atoms with Crippen LogP contribution in [-0.4, -0.2) is 43.7 Å². The predicted molar refractivity (Wildman–Crippen MR) is 91.6 cm³/mol. The standard InChI is InChI=1S/C6H5.3C4H8O2.Pb/c1-2-4-6-5-3-1;3*1-2-3-4(5)6;/h1-5H;3*2-3H2,1H3,(H,5,6);/q;;;;+3/p-3. The van der Waals surface area contributed by atoms with Crippen molar-refractivity contribution in [2.75, 3.05) is 0 Å². The van der Waals surface area contributed by atoms with E-state index in [1.807, 2.05) is 6.07 Å². The molecule has 0 N–H and O–H groups in total. The van der Waals surface area contributed by atoms with Gasteiger partial charge in [0.25, 0.3) is 0 Å². The molecule has 0 radical (unpaired) electrons. The van der Waals surface area contributed by atoms with Crippen molar-refractivity contribution in [3.8, 4) is 0 Å². The van der Waals surface area contributed by atoms with Crippen LogP contribution in [0.15, 0.2) is 30.3 Å². The Morgan fingerprint density at radius 2 is 1.00 bits per heavy atom. The van der Waals surface area contributed by atoms with Crippen molar-refractivity contribution < 1.29 is 29.7 Å². The Hall–Kier alpha value is -1.45. The molecule has 1 aromatic carbocycles. The van der Waals surface area contributed by atoms with E-state index in [4.69, 9.17) is 0 Å². The molecule has 0 bridgehead atoms. The molecule has 138 valence electrons. The summed E-state index contributed by atoms with van der Waals surface area (Å²) in [6.07, 6.45) is 2.55. The predicted octanol–water partition coefficient (Wildman–Crippen LogP) is -0.910. The molecule has 0 aliphatic heterocycles. The number of hydrogen-bond acceptors (Lipinski definition) is 6. The van der Waals surface area contributed by atoms with Crippen LogP contribution < -0.4 is 18.4 Å². The van der Waals surface area contributed by atoms with Crippen LogP contribution in [0.3, 0.4) is 0 Å². The van der Waals surface area contributed by atoms with Gasteiger partial charge in [-0.15, -0.1) is 0 Å². The fourth-order valence-electron chi connectivity index (χ4n) is 1.05. The first-order valence-electron chi connectivity index (χ1n) is 8.07. The van der Waals surface area contributed by atoms with Gasteiger partial charge in [0.05, 0.1) is 0 Å². The van der Waals surface area contributed by atoms with Gasteiger partial charge in [0.2, 0.25) is 0 Å². The van der Waals surface area contributed by atoms with Crippen molar-refractivity contribution in [1.29, 1.82) is 0 Å². The van der Waals surface area contributed by atoms with Gasteiger partial charge in [-0.1, -0.05) is 40.0 Å². The first kappa shape index (κ1) is 28.4. The monoisotopic (exact) mass is 546 g/mol. The van der Waals surface area contributed by atoms with Crippen molar-refractivity contribution >= 4 is 46.8 Å². The second-order valence-corrected chi connectivity index (χ2v) is 6.98. The van der Waals surface area contributed by atoms with E-state index < -0.39 is 17.9 Å². The normalized spacial score (nSPS) is 8.36. The zero-order valence-electron chi connectivity index (χ0n) is 15.1. The molecule has 0 amide bonds. The van der Waals surface area contributed by atoms with E-state index in [1.165, 1.54) is 28.9 Å². The summed E-state index contributed by atoms with van der Waals surface area (Å²) in [6, 6.07) is 10.5.